The topological polar surface area (TPSA) is 46.6 Å². The van der Waals surface area contributed by atoms with Gasteiger partial charge in [0.2, 0.25) is 10.0 Å². The Kier molecular flexibility index (Phi) is 3.89. The van der Waals surface area contributed by atoms with Gasteiger partial charge < -0.3 is 4.74 Å². The van der Waals surface area contributed by atoms with Crippen molar-refractivity contribution in [3.05, 3.63) is 0 Å². The second kappa shape index (κ2) is 5.34. The fourth-order valence-electron chi connectivity index (χ4n) is 4.25. The maximum absolute atomic E-state index is 12.9. The summed E-state index contributed by atoms with van der Waals surface area (Å²) < 4.78 is 33.1. The first-order chi connectivity index (χ1) is 9.10. The van der Waals surface area contributed by atoms with Gasteiger partial charge in [-0.25, -0.2) is 8.42 Å². The van der Waals surface area contributed by atoms with Gasteiger partial charge in [-0.3, -0.25) is 0 Å². The summed E-state index contributed by atoms with van der Waals surface area (Å²) in [5.74, 6) is 0.610. The molecule has 0 amide bonds. The largest absolute Gasteiger partial charge is 0.381 e. The summed E-state index contributed by atoms with van der Waals surface area (Å²) in [6.07, 6.45) is 7.15. The summed E-state index contributed by atoms with van der Waals surface area (Å²) >= 11 is 0. The number of hydrogen-bond donors (Lipinski definition) is 0. The lowest BCUT2D eigenvalue weighted by Gasteiger charge is -2.35. The second-order valence-electron chi connectivity index (χ2n) is 6.38. The Morgan fingerprint density at radius 3 is 2.47 bits per heavy atom. The maximum Gasteiger partial charge on any atom is 0.217 e. The summed E-state index contributed by atoms with van der Waals surface area (Å²) in [7, 11) is -3.13. The van der Waals surface area contributed by atoms with Gasteiger partial charge >= 0.3 is 0 Å². The van der Waals surface area contributed by atoms with E-state index in [9.17, 15) is 8.42 Å². The van der Waals surface area contributed by atoms with Crippen LogP contribution in [0, 0.1) is 5.92 Å². The van der Waals surface area contributed by atoms with Gasteiger partial charge in [0, 0.05) is 25.3 Å². The summed E-state index contributed by atoms with van der Waals surface area (Å²) in [6.45, 7) is 3.29. The van der Waals surface area contributed by atoms with Crippen LogP contribution in [0.5, 0.6) is 0 Å². The Bertz CT molecular complexity index is 416. The first-order valence-electron chi connectivity index (χ1n) is 7.71. The van der Waals surface area contributed by atoms with Crippen molar-refractivity contribution in [3.63, 3.8) is 0 Å². The van der Waals surface area contributed by atoms with Crippen molar-refractivity contribution < 1.29 is 13.2 Å². The molecule has 4 nitrogen and oxygen atoms in total. The van der Waals surface area contributed by atoms with E-state index in [1.165, 1.54) is 19.3 Å². The van der Waals surface area contributed by atoms with Gasteiger partial charge in [0.15, 0.2) is 0 Å². The molecule has 3 atom stereocenters. The molecule has 2 heterocycles. The molecule has 0 aromatic heterocycles. The molecule has 110 valence electrons. The minimum absolute atomic E-state index is 0.195. The lowest BCUT2D eigenvalue weighted by molar-refractivity contribution is 0.0964. The zero-order valence-electron chi connectivity index (χ0n) is 11.8. The molecule has 0 unspecified atom stereocenters. The molecule has 3 aliphatic rings. The van der Waals surface area contributed by atoms with Gasteiger partial charge in [-0.15, -0.1) is 0 Å². The average Bonchev–Trinajstić information content (AvgIpc) is 2.76. The number of rotatable bonds is 2. The number of fused-ring (bicyclic) bond motifs is 1. The number of hydrogen-bond acceptors (Lipinski definition) is 3. The van der Waals surface area contributed by atoms with Crippen LogP contribution >= 0.6 is 0 Å². The molecule has 0 spiro atoms. The molecule has 0 N–H and O–H groups in total. The Morgan fingerprint density at radius 1 is 1.05 bits per heavy atom. The summed E-state index contributed by atoms with van der Waals surface area (Å²) in [4.78, 5) is 0. The number of nitrogens with zero attached hydrogens (tertiary/aromatic N) is 1. The van der Waals surface area contributed by atoms with E-state index in [-0.39, 0.29) is 17.3 Å². The molecule has 5 heteroatoms. The average molecular weight is 287 g/mol. The molecule has 3 fully saturated rings. The van der Waals surface area contributed by atoms with Crippen LogP contribution in [-0.4, -0.2) is 43.3 Å². The summed E-state index contributed by atoms with van der Waals surface area (Å²) in [5, 5.41) is -0.204. The quantitative estimate of drug-likeness (QED) is 0.782. The minimum Gasteiger partial charge on any atom is -0.381 e. The van der Waals surface area contributed by atoms with Crippen LogP contribution in [0.2, 0.25) is 0 Å². The van der Waals surface area contributed by atoms with Crippen molar-refractivity contribution in [1.82, 2.24) is 4.31 Å². The van der Waals surface area contributed by atoms with Gasteiger partial charge in [0.05, 0.1) is 5.25 Å². The van der Waals surface area contributed by atoms with Crippen LogP contribution in [0.4, 0.5) is 0 Å². The normalized spacial score (nSPS) is 38.3. The van der Waals surface area contributed by atoms with Crippen molar-refractivity contribution >= 4 is 10.0 Å². The highest BCUT2D eigenvalue weighted by molar-refractivity contribution is 7.89. The van der Waals surface area contributed by atoms with Crippen molar-refractivity contribution in [1.29, 1.82) is 0 Å². The minimum atomic E-state index is -3.13. The molecule has 19 heavy (non-hydrogen) atoms. The van der Waals surface area contributed by atoms with Crippen molar-refractivity contribution in [2.45, 2.75) is 69.2 Å². The first-order valence-corrected chi connectivity index (χ1v) is 9.21. The van der Waals surface area contributed by atoms with E-state index >= 15 is 0 Å². The fourth-order valence-corrected chi connectivity index (χ4v) is 6.63. The highest BCUT2D eigenvalue weighted by Crippen LogP contribution is 2.42. The van der Waals surface area contributed by atoms with Gasteiger partial charge in [-0.2, -0.15) is 4.31 Å². The van der Waals surface area contributed by atoms with E-state index in [1.54, 1.807) is 0 Å². The molecule has 0 aromatic rings. The predicted molar refractivity (Wildman–Crippen MR) is 74.4 cm³/mol. The van der Waals surface area contributed by atoms with Crippen molar-refractivity contribution in [2.24, 2.45) is 5.92 Å². The predicted octanol–water partition coefficient (Wildman–Crippen LogP) is 2.15. The molecule has 0 bridgehead atoms. The highest BCUT2D eigenvalue weighted by atomic mass is 32.2. The number of ether oxygens (including phenoxy) is 1. The third-order valence-electron chi connectivity index (χ3n) is 5.16. The Morgan fingerprint density at radius 2 is 1.74 bits per heavy atom. The third-order valence-corrected chi connectivity index (χ3v) is 7.69. The number of sulfonamides is 1. The van der Waals surface area contributed by atoms with Crippen LogP contribution in [0.1, 0.15) is 51.9 Å². The molecule has 1 aliphatic carbocycles. The smallest absolute Gasteiger partial charge is 0.217 e. The lowest BCUT2D eigenvalue weighted by Crippen LogP contribution is -2.48. The van der Waals surface area contributed by atoms with Gasteiger partial charge in [0.1, 0.15) is 0 Å². The zero-order valence-corrected chi connectivity index (χ0v) is 12.6. The molecular formula is C14H25NO3S. The van der Waals surface area contributed by atoms with Crippen LogP contribution in [-0.2, 0) is 14.8 Å². The van der Waals surface area contributed by atoms with E-state index in [2.05, 4.69) is 6.92 Å². The summed E-state index contributed by atoms with van der Waals surface area (Å²) in [6, 6.07) is 0.484. The van der Waals surface area contributed by atoms with E-state index < -0.39 is 10.0 Å². The van der Waals surface area contributed by atoms with Crippen LogP contribution in [0.15, 0.2) is 0 Å². The second-order valence-corrected chi connectivity index (χ2v) is 8.50. The molecule has 0 aromatic carbocycles. The maximum atomic E-state index is 12.9. The molecule has 1 saturated carbocycles. The lowest BCUT2D eigenvalue weighted by atomic mass is 9.85. The highest BCUT2D eigenvalue weighted by Gasteiger charge is 2.48. The molecule has 3 rings (SSSR count). The van der Waals surface area contributed by atoms with E-state index in [4.69, 9.17) is 4.74 Å². The molecule has 2 saturated heterocycles. The van der Waals surface area contributed by atoms with E-state index in [0.717, 1.165) is 12.8 Å². The van der Waals surface area contributed by atoms with Gasteiger partial charge in [0.25, 0.3) is 0 Å². The summed E-state index contributed by atoms with van der Waals surface area (Å²) in [5.41, 5.74) is 0. The fraction of sp³-hybridized carbons (Fsp3) is 1.00. The SMILES string of the molecule is C[C@@H]1C[C@@H]2CCCC[C@H]2N1S(=O)(=O)C1CCOCC1. The molecular weight excluding hydrogens is 262 g/mol. The van der Waals surface area contributed by atoms with Gasteiger partial charge in [-0.05, 0) is 44.9 Å². The Labute approximate surface area is 116 Å². The standard InChI is InChI=1S/C14H25NO3S/c1-11-10-12-4-2-3-5-14(12)15(11)19(16,17)13-6-8-18-9-7-13/h11-14H,2-10H2,1H3/t11-,12+,14-/m1/s1. The van der Waals surface area contributed by atoms with Crippen LogP contribution in [0.25, 0.3) is 0 Å². The zero-order chi connectivity index (χ0) is 13.5. The van der Waals surface area contributed by atoms with E-state index in [0.29, 0.717) is 32.0 Å². The van der Waals surface area contributed by atoms with E-state index in [1.807, 2.05) is 4.31 Å². The Balaban J connectivity index is 1.82. The van der Waals surface area contributed by atoms with Crippen molar-refractivity contribution in [2.75, 3.05) is 13.2 Å². The van der Waals surface area contributed by atoms with Crippen LogP contribution < -0.4 is 0 Å². The van der Waals surface area contributed by atoms with Crippen LogP contribution in [0.3, 0.4) is 0 Å². The molecule has 0 radical (unpaired) electrons. The third kappa shape index (κ3) is 2.45. The Hall–Kier alpha value is -0.130. The first kappa shape index (κ1) is 13.8. The van der Waals surface area contributed by atoms with Crippen molar-refractivity contribution in [3.8, 4) is 0 Å². The monoisotopic (exact) mass is 287 g/mol. The van der Waals surface area contributed by atoms with Gasteiger partial charge in [-0.1, -0.05) is 12.8 Å². The molecule has 2 aliphatic heterocycles.